The normalized spacial score (nSPS) is 28.8. The first-order valence-corrected chi connectivity index (χ1v) is 6.69. The molecule has 0 amide bonds. The zero-order valence-electron chi connectivity index (χ0n) is 11.4. The Labute approximate surface area is 112 Å². The topological polar surface area (TPSA) is 66.8 Å². The second-order valence-electron chi connectivity index (χ2n) is 5.82. The van der Waals surface area contributed by atoms with Gasteiger partial charge in [0.1, 0.15) is 0 Å². The second kappa shape index (κ2) is 3.73. The summed E-state index contributed by atoms with van der Waals surface area (Å²) >= 11 is 0. The van der Waals surface area contributed by atoms with E-state index in [2.05, 4.69) is 6.92 Å². The van der Waals surface area contributed by atoms with Gasteiger partial charge in [-0.05, 0) is 50.2 Å². The lowest BCUT2D eigenvalue weighted by Crippen LogP contribution is -2.30. The summed E-state index contributed by atoms with van der Waals surface area (Å²) in [6.07, 6.45) is 2.87. The second-order valence-corrected chi connectivity index (χ2v) is 5.82. The molecule has 19 heavy (non-hydrogen) atoms. The number of carbonyl (C=O) groups is 1. The Bertz CT molecular complexity index is 587. The molecule has 0 radical (unpaired) electrons. The highest BCUT2D eigenvalue weighted by atomic mass is 16.6. The first-order valence-electron chi connectivity index (χ1n) is 6.69. The molecule has 0 spiro atoms. The fourth-order valence-electron chi connectivity index (χ4n) is 3.54. The molecule has 1 aliphatic heterocycles. The van der Waals surface area contributed by atoms with E-state index in [1.54, 1.807) is 0 Å². The first-order chi connectivity index (χ1) is 8.85. The number of esters is 1. The molecule has 3 rings (SSSR count). The molecule has 0 fully saturated rings. The lowest BCUT2D eigenvalue weighted by Gasteiger charge is -2.28. The van der Waals surface area contributed by atoms with Crippen LogP contribution >= 0.6 is 0 Å². The van der Waals surface area contributed by atoms with Crippen molar-refractivity contribution in [1.82, 2.24) is 0 Å². The summed E-state index contributed by atoms with van der Waals surface area (Å²) < 4.78 is 5.10. The van der Waals surface area contributed by atoms with E-state index < -0.39 is 11.6 Å². The van der Waals surface area contributed by atoms with Gasteiger partial charge < -0.3 is 14.9 Å². The van der Waals surface area contributed by atoms with E-state index in [0.29, 0.717) is 11.5 Å². The van der Waals surface area contributed by atoms with Gasteiger partial charge in [-0.3, -0.25) is 0 Å². The Morgan fingerprint density at radius 1 is 1.42 bits per heavy atom. The van der Waals surface area contributed by atoms with E-state index in [1.807, 2.05) is 6.92 Å². The largest absolute Gasteiger partial charge is 0.504 e. The third kappa shape index (κ3) is 1.46. The Morgan fingerprint density at radius 3 is 2.79 bits per heavy atom. The van der Waals surface area contributed by atoms with Crippen molar-refractivity contribution in [2.24, 2.45) is 0 Å². The van der Waals surface area contributed by atoms with Crippen molar-refractivity contribution in [2.45, 2.75) is 51.6 Å². The van der Waals surface area contributed by atoms with Crippen LogP contribution < -0.4 is 4.74 Å². The summed E-state index contributed by atoms with van der Waals surface area (Å²) in [7, 11) is 0. The van der Waals surface area contributed by atoms with Crippen molar-refractivity contribution in [3.8, 4) is 11.5 Å². The quantitative estimate of drug-likeness (QED) is 0.556. The maximum absolute atomic E-state index is 11.8. The predicted octanol–water partition coefficient (Wildman–Crippen LogP) is 2.27. The van der Waals surface area contributed by atoms with Crippen molar-refractivity contribution in [1.29, 1.82) is 0 Å². The zero-order valence-corrected chi connectivity index (χ0v) is 11.4. The molecule has 1 aromatic rings. The monoisotopic (exact) mass is 262 g/mol. The van der Waals surface area contributed by atoms with Crippen LogP contribution in [0.3, 0.4) is 0 Å². The van der Waals surface area contributed by atoms with Gasteiger partial charge in [-0.25, -0.2) is 4.79 Å². The van der Waals surface area contributed by atoms with Crippen LogP contribution in [0.5, 0.6) is 11.5 Å². The van der Waals surface area contributed by atoms with Gasteiger partial charge in [0.25, 0.3) is 0 Å². The number of phenols is 1. The number of carbonyl (C=O) groups excluding carboxylic acids is 1. The average Bonchev–Trinajstić information content (AvgIpc) is 2.58. The predicted molar refractivity (Wildman–Crippen MR) is 69.4 cm³/mol. The number of hydrogen-bond acceptors (Lipinski definition) is 4. The first kappa shape index (κ1) is 12.5. The Hall–Kier alpha value is -1.55. The molecule has 1 aromatic carbocycles. The van der Waals surface area contributed by atoms with Gasteiger partial charge in [0.15, 0.2) is 17.1 Å². The van der Waals surface area contributed by atoms with E-state index in [0.717, 1.165) is 36.0 Å². The molecule has 0 aromatic heterocycles. The standard InChI is InChI=1S/C15H18O4/c1-7-5-4-6-9-10(7)8(2)11-13(12(9)16)19-14(17)15(11,3)18/h7,16,18H,4-6H2,1-3H3/t7-,15-/m0/s1. The summed E-state index contributed by atoms with van der Waals surface area (Å²) in [4.78, 5) is 11.8. The van der Waals surface area contributed by atoms with Gasteiger partial charge in [0.2, 0.25) is 0 Å². The molecule has 0 bridgehead atoms. The summed E-state index contributed by atoms with van der Waals surface area (Å²) in [5, 5.41) is 20.7. The smallest absolute Gasteiger partial charge is 0.348 e. The summed E-state index contributed by atoms with van der Waals surface area (Å²) in [5.74, 6) is -0.198. The molecule has 0 saturated carbocycles. The molecule has 0 unspecified atom stereocenters. The third-order valence-corrected chi connectivity index (χ3v) is 4.47. The van der Waals surface area contributed by atoms with E-state index >= 15 is 0 Å². The number of ether oxygens (including phenoxy) is 1. The number of aromatic hydroxyl groups is 1. The van der Waals surface area contributed by atoms with Gasteiger partial charge in [-0.1, -0.05) is 6.92 Å². The lowest BCUT2D eigenvalue weighted by atomic mass is 9.77. The van der Waals surface area contributed by atoms with E-state index in [1.165, 1.54) is 6.92 Å². The summed E-state index contributed by atoms with van der Waals surface area (Å²) in [5.41, 5.74) is 1.60. The molecular formula is C15H18O4. The van der Waals surface area contributed by atoms with Crippen LogP contribution in [-0.2, 0) is 16.8 Å². The van der Waals surface area contributed by atoms with Crippen molar-refractivity contribution < 1.29 is 19.7 Å². The fourth-order valence-corrected chi connectivity index (χ4v) is 3.54. The van der Waals surface area contributed by atoms with Crippen LogP contribution in [0.15, 0.2) is 0 Å². The van der Waals surface area contributed by atoms with Gasteiger partial charge in [-0.15, -0.1) is 0 Å². The molecule has 0 saturated heterocycles. The van der Waals surface area contributed by atoms with Crippen molar-refractivity contribution >= 4 is 5.97 Å². The maximum Gasteiger partial charge on any atom is 0.348 e. The molecule has 102 valence electrons. The van der Waals surface area contributed by atoms with Crippen LogP contribution in [0.4, 0.5) is 0 Å². The Kier molecular flexibility index (Phi) is 2.45. The lowest BCUT2D eigenvalue weighted by molar-refractivity contribution is -0.150. The van der Waals surface area contributed by atoms with Crippen LogP contribution in [0, 0.1) is 6.92 Å². The molecule has 1 aliphatic carbocycles. The molecule has 1 heterocycles. The van der Waals surface area contributed by atoms with Gasteiger partial charge in [0.05, 0.1) is 0 Å². The zero-order chi connectivity index (χ0) is 13.9. The minimum atomic E-state index is -1.66. The molecule has 4 nitrogen and oxygen atoms in total. The number of phenolic OH excluding ortho intramolecular Hbond substituents is 1. The van der Waals surface area contributed by atoms with Crippen LogP contribution in [0.1, 0.15) is 54.9 Å². The number of hydrogen-bond donors (Lipinski definition) is 2. The van der Waals surface area contributed by atoms with Crippen LogP contribution in [0.25, 0.3) is 0 Å². The summed E-state index contributed by atoms with van der Waals surface area (Å²) in [6, 6.07) is 0. The van der Waals surface area contributed by atoms with Crippen LogP contribution in [0.2, 0.25) is 0 Å². The van der Waals surface area contributed by atoms with Gasteiger partial charge in [-0.2, -0.15) is 0 Å². The molecule has 4 heteroatoms. The highest BCUT2D eigenvalue weighted by Crippen LogP contribution is 2.52. The average molecular weight is 262 g/mol. The van der Waals surface area contributed by atoms with Crippen molar-refractivity contribution in [3.05, 3.63) is 22.3 Å². The number of rotatable bonds is 0. The van der Waals surface area contributed by atoms with Gasteiger partial charge >= 0.3 is 5.97 Å². The Balaban J connectivity index is 2.36. The highest BCUT2D eigenvalue weighted by molar-refractivity contribution is 5.91. The van der Waals surface area contributed by atoms with E-state index in [-0.39, 0.29) is 11.5 Å². The molecule has 2 aliphatic rings. The molecule has 2 N–H and O–H groups in total. The number of aliphatic hydroxyl groups is 1. The van der Waals surface area contributed by atoms with Crippen molar-refractivity contribution in [2.75, 3.05) is 0 Å². The summed E-state index contributed by atoms with van der Waals surface area (Å²) in [6.45, 7) is 5.44. The van der Waals surface area contributed by atoms with Crippen LogP contribution in [-0.4, -0.2) is 16.2 Å². The van der Waals surface area contributed by atoms with E-state index in [9.17, 15) is 15.0 Å². The molecular weight excluding hydrogens is 244 g/mol. The van der Waals surface area contributed by atoms with Crippen molar-refractivity contribution in [3.63, 3.8) is 0 Å². The third-order valence-electron chi connectivity index (χ3n) is 4.47. The molecule has 2 atom stereocenters. The number of benzene rings is 1. The Morgan fingerprint density at radius 2 is 2.11 bits per heavy atom. The minimum Gasteiger partial charge on any atom is -0.504 e. The SMILES string of the molecule is Cc1c2c(c(O)c3c1[C@](C)(O)C(=O)O3)CCC[C@@H]2C. The highest BCUT2D eigenvalue weighted by Gasteiger charge is 2.48. The maximum atomic E-state index is 11.8. The fraction of sp³-hybridized carbons (Fsp3) is 0.533. The number of fused-ring (bicyclic) bond motifs is 2. The van der Waals surface area contributed by atoms with E-state index in [4.69, 9.17) is 4.74 Å². The van der Waals surface area contributed by atoms with Gasteiger partial charge in [0, 0.05) is 11.1 Å². The minimum absolute atomic E-state index is 0.0354.